The van der Waals surface area contributed by atoms with Crippen LogP contribution in [-0.4, -0.2) is 37.4 Å². The van der Waals surface area contributed by atoms with Gasteiger partial charge in [0.2, 0.25) is 5.91 Å². The maximum Gasteiger partial charge on any atom is 0.220 e. The van der Waals surface area contributed by atoms with Gasteiger partial charge in [-0.05, 0) is 30.4 Å². The van der Waals surface area contributed by atoms with E-state index in [0.717, 1.165) is 12.8 Å². The van der Waals surface area contributed by atoms with Crippen molar-refractivity contribution in [1.29, 1.82) is 0 Å². The number of amides is 1. The summed E-state index contributed by atoms with van der Waals surface area (Å²) in [7, 11) is 1.55. The van der Waals surface area contributed by atoms with Crippen LogP contribution < -0.4 is 5.32 Å². The Morgan fingerprint density at radius 1 is 1.30 bits per heavy atom. The van der Waals surface area contributed by atoms with E-state index >= 15 is 0 Å². The molecule has 2 N–H and O–H groups in total. The van der Waals surface area contributed by atoms with Crippen molar-refractivity contribution in [3.8, 4) is 0 Å². The van der Waals surface area contributed by atoms with Crippen molar-refractivity contribution in [2.75, 3.05) is 20.3 Å². The Hall–Kier alpha value is -1.39. The number of benzene rings is 1. The zero-order chi connectivity index (χ0) is 14.8. The first kappa shape index (κ1) is 16.7. The third-order valence-corrected chi connectivity index (χ3v) is 3.23. The molecule has 20 heavy (non-hydrogen) atoms. The standard InChI is InChI=1S/C16H25NO3/c1-3-13-4-6-14(7-5-13)8-9-16(19)17-11-10-15(18)12-20-2/h4-7,15,18H,3,8-12H2,1-2H3,(H,17,19). The third-order valence-electron chi connectivity index (χ3n) is 3.23. The topological polar surface area (TPSA) is 58.6 Å². The molecule has 0 spiro atoms. The van der Waals surface area contributed by atoms with E-state index in [1.165, 1.54) is 11.1 Å². The van der Waals surface area contributed by atoms with Crippen molar-refractivity contribution in [3.63, 3.8) is 0 Å². The molecule has 1 unspecified atom stereocenters. The highest BCUT2D eigenvalue weighted by Gasteiger charge is 2.05. The first-order chi connectivity index (χ1) is 9.65. The van der Waals surface area contributed by atoms with E-state index in [9.17, 15) is 9.90 Å². The fraction of sp³-hybridized carbons (Fsp3) is 0.562. The molecule has 112 valence electrons. The van der Waals surface area contributed by atoms with E-state index in [0.29, 0.717) is 26.0 Å². The van der Waals surface area contributed by atoms with Crippen LogP contribution >= 0.6 is 0 Å². The number of ether oxygens (including phenoxy) is 1. The van der Waals surface area contributed by atoms with Gasteiger partial charge in [-0.2, -0.15) is 0 Å². The smallest absolute Gasteiger partial charge is 0.220 e. The molecule has 0 aliphatic carbocycles. The van der Waals surface area contributed by atoms with Gasteiger partial charge in [-0.1, -0.05) is 31.2 Å². The number of hydrogen-bond donors (Lipinski definition) is 2. The lowest BCUT2D eigenvalue weighted by molar-refractivity contribution is -0.121. The van der Waals surface area contributed by atoms with Crippen LogP contribution in [0.25, 0.3) is 0 Å². The van der Waals surface area contributed by atoms with E-state index in [1.54, 1.807) is 7.11 Å². The lowest BCUT2D eigenvalue weighted by Crippen LogP contribution is -2.28. The fourth-order valence-electron chi connectivity index (χ4n) is 1.94. The number of carbonyl (C=O) groups excluding carboxylic acids is 1. The summed E-state index contributed by atoms with van der Waals surface area (Å²) < 4.78 is 4.82. The number of hydrogen-bond acceptors (Lipinski definition) is 3. The molecule has 4 nitrogen and oxygen atoms in total. The molecule has 0 fully saturated rings. The molecule has 4 heteroatoms. The largest absolute Gasteiger partial charge is 0.391 e. The molecule has 0 aromatic heterocycles. The number of carbonyl (C=O) groups is 1. The van der Waals surface area contributed by atoms with Gasteiger partial charge < -0.3 is 15.2 Å². The van der Waals surface area contributed by atoms with Gasteiger partial charge in [0.1, 0.15) is 0 Å². The Labute approximate surface area is 121 Å². The first-order valence-corrected chi connectivity index (χ1v) is 7.17. The van der Waals surface area contributed by atoms with E-state index in [4.69, 9.17) is 4.74 Å². The van der Waals surface area contributed by atoms with Gasteiger partial charge in [-0.15, -0.1) is 0 Å². The lowest BCUT2D eigenvalue weighted by atomic mass is 10.1. The van der Waals surface area contributed by atoms with Crippen molar-refractivity contribution in [2.45, 2.75) is 38.7 Å². The summed E-state index contributed by atoms with van der Waals surface area (Å²) >= 11 is 0. The highest BCUT2D eigenvalue weighted by Crippen LogP contribution is 2.07. The van der Waals surface area contributed by atoms with Crippen LogP contribution in [0.3, 0.4) is 0 Å². The number of aryl methyl sites for hydroxylation is 2. The summed E-state index contributed by atoms with van der Waals surface area (Å²) in [6, 6.07) is 8.37. The maximum absolute atomic E-state index is 11.7. The summed E-state index contributed by atoms with van der Waals surface area (Å²) in [4.78, 5) is 11.7. The lowest BCUT2D eigenvalue weighted by Gasteiger charge is -2.10. The first-order valence-electron chi connectivity index (χ1n) is 7.17. The van der Waals surface area contributed by atoms with E-state index in [2.05, 4.69) is 36.5 Å². The van der Waals surface area contributed by atoms with Crippen LogP contribution in [-0.2, 0) is 22.4 Å². The van der Waals surface area contributed by atoms with Gasteiger partial charge in [0, 0.05) is 20.1 Å². The number of aliphatic hydroxyl groups excluding tert-OH is 1. The van der Waals surface area contributed by atoms with E-state index < -0.39 is 6.10 Å². The summed E-state index contributed by atoms with van der Waals surface area (Å²) in [6.45, 7) is 2.91. The fourth-order valence-corrected chi connectivity index (χ4v) is 1.94. The summed E-state index contributed by atoms with van der Waals surface area (Å²) in [5, 5.41) is 12.3. The Morgan fingerprint density at radius 3 is 2.55 bits per heavy atom. The van der Waals surface area contributed by atoms with Crippen LogP contribution in [0.4, 0.5) is 0 Å². The zero-order valence-electron chi connectivity index (χ0n) is 12.4. The van der Waals surface area contributed by atoms with Gasteiger partial charge in [0.15, 0.2) is 0 Å². The number of nitrogens with one attached hydrogen (secondary N) is 1. The zero-order valence-corrected chi connectivity index (χ0v) is 12.4. The Morgan fingerprint density at radius 2 is 1.95 bits per heavy atom. The van der Waals surface area contributed by atoms with Gasteiger partial charge in [-0.25, -0.2) is 0 Å². The van der Waals surface area contributed by atoms with Crippen LogP contribution in [0.5, 0.6) is 0 Å². The second-order valence-corrected chi connectivity index (χ2v) is 4.92. The molecular formula is C16H25NO3. The molecule has 0 radical (unpaired) electrons. The molecule has 0 aliphatic heterocycles. The number of rotatable bonds is 9. The molecule has 1 aromatic rings. The Kier molecular flexibility index (Phi) is 7.92. The van der Waals surface area contributed by atoms with Crippen LogP contribution in [0.15, 0.2) is 24.3 Å². The molecule has 1 amide bonds. The van der Waals surface area contributed by atoms with Crippen molar-refractivity contribution in [2.24, 2.45) is 0 Å². The minimum absolute atomic E-state index is 0.0224. The molecule has 1 rings (SSSR count). The highest BCUT2D eigenvalue weighted by atomic mass is 16.5. The molecule has 0 aliphatic rings. The van der Waals surface area contributed by atoms with E-state index in [-0.39, 0.29) is 5.91 Å². The number of methoxy groups -OCH3 is 1. The van der Waals surface area contributed by atoms with Gasteiger partial charge in [0.25, 0.3) is 0 Å². The average Bonchev–Trinajstić information content (AvgIpc) is 2.46. The molecule has 1 atom stereocenters. The molecular weight excluding hydrogens is 254 g/mol. The van der Waals surface area contributed by atoms with E-state index in [1.807, 2.05) is 0 Å². The molecule has 0 heterocycles. The van der Waals surface area contributed by atoms with Crippen LogP contribution in [0.2, 0.25) is 0 Å². The van der Waals surface area contributed by atoms with Crippen molar-refractivity contribution >= 4 is 5.91 Å². The average molecular weight is 279 g/mol. The summed E-state index contributed by atoms with van der Waals surface area (Å²) in [5.41, 5.74) is 2.49. The van der Waals surface area contributed by atoms with Crippen molar-refractivity contribution in [3.05, 3.63) is 35.4 Å². The Bertz CT molecular complexity index is 389. The summed E-state index contributed by atoms with van der Waals surface area (Å²) in [5.74, 6) is 0.0224. The maximum atomic E-state index is 11.7. The minimum Gasteiger partial charge on any atom is -0.391 e. The minimum atomic E-state index is -0.512. The molecule has 0 saturated carbocycles. The quantitative estimate of drug-likeness (QED) is 0.723. The summed E-state index contributed by atoms with van der Waals surface area (Å²) in [6.07, 6.45) is 2.26. The second-order valence-electron chi connectivity index (χ2n) is 4.92. The molecule has 0 saturated heterocycles. The third kappa shape index (κ3) is 6.68. The highest BCUT2D eigenvalue weighted by molar-refractivity contribution is 5.76. The predicted octanol–water partition coefficient (Wildman–Crippen LogP) is 1.70. The monoisotopic (exact) mass is 279 g/mol. The predicted molar refractivity (Wildman–Crippen MR) is 79.7 cm³/mol. The van der Waals surface area contributed by atoms with Gasteiger partial charge in [0.05, 0.1) is 12.7 Å². The van der Waals surface area contributed by atoms with Gasteiger partial charge in [-0.3, -0.25) is 4.79 Å². The number of aliphatic hydroxyl groups is 1. The molecule has 1 aromatic carbocycles. The Balaban J connectivity index is 2.19. The SMILES string of the molecule is CCc1ccc(CCC(=O)NCCC(O)COC)cc1. The van der Waals surface area contributed by atoms with Gasteiger partial charge >= 0.3 is 0 Å². The normalized spacial score (nSPS) is 12.2. The molecule has 0 bridgehead atoms. The van der Waals surface area contributed by atoms with Crippen LogP contribution in [0.1, 0.15) is 30.9 Å². The second kappa shape index (κ2) is 9.50. The van der Waals surface area contributed by atoms with Crippen molar-refractivity contribution in [1.82, 2.24) is 5.32 Å². The van der Waals surface area contributed by atoms with Crippen molar-refractivity contribution < 1.29 is 14.6 Å². The van der Waals surface area contributed by atoms with Crippen LogP contribution in [0, 0.1) is 0 Å².